The van der Waals surface area contributed by atoms with Gasteiger partial charge in [-0.15, -0.1) is 0 Å². The number of ether oxygens (including phenoxy) is 2. The van der Waals surface area contributed by atoms with E-state index in [1.807, 2.05) is 7.05 Å². The number of rotatable bonds is 25. The van der Waals surface area contributed by atoms with Gasteiger partial charge in [0.2, 0.25) is 5.91 Å². The molecule has 0 fully saturated rings. The second kappa shape index (κ2) is 25.6. The van der Waals surface area contributed by atoms with E-state index in [0.29, 0.717) is 39.4 Å². The van der Waals surface area contributed by atoms with Crippen LogP contribution in [0.2, 0.25) is 0 Å². The molecule has 0 saturated carbocycles. The van der Waals surface area contributed by atoms with Crippen molar-refractivity contribution in [2.45, 2.75) is 51.4 Å². The Morgan fingerprint density at radius 1 is 0.688 bits per heavy atom. The molecule has 0 aromatic heterocycles. The maximum absolute atomic E-state index is 11.7. The van der Waals surface area contributed by atoms with Gasteiger partial charge in [0.1, 0.15) is 0 Å². The first-order chi connectivity index (χ1) is 15.6. The van der Waals surface area contributed by atoms with Crippen molar-refractivity contribution in [3.05, 3.63) is 0 Å². The molecular weight excluding hydrogens is 462 g/mol. The molecular formula is C19H42N2O9P2. The van der Waals surface area contributed by atoms with E-state index in [-0.39, 0.29) is 25.7 Å². The average Bonchev–Trinajstić information content (AvgIpc) is 2.76. The summed E-state index contributed by atoms with van der Waals surface area (Å²) in [5.74, 6) is 0.131. The predicted octanol–water partition coefficient (Wildman–Crippen LogP) is 1.96. The molecule has 0 saturated heterocycles. The van der Waals surface area contributed by atoms with Crippen molar-refractivity contribution in [3.8, 4) is 0 Å². The van der Waals surface area contributed by atoms with E-state index in [1.54, 1.807) is 0 Å². The van der Waals surface area contributed by atoms with Gasteiger partial charge in [0, 0.05) is 13.0 Å². The summed E-state index contributed by atoms with van der Waals surface area (Å²) in [5.41, 5.74) is 0. The maximum atomic E-state index is 11.7. The smallest absolute Gasteiger partial charge is 0.329 e. The molecule has 192 valence electrons. The Morgan fingerprint density at radius 2 is 1.25 bits per heavy atom. The lowest BCUT2D eigenvalue weighted by Gasteiger charge is -2.11. The van der Waals surface area contributed by atoms with Crippen LogP contribution in [0.25, 0.3) is 0 Å². The van der Waals surface area contributed by atoms with Gasteiger partial charge in [-0.05, 0) is 39.3 Å². The van der Waals surface area contributed by atoms with Gasteiger partial charge in [-0.25, -0.2) is 0 Å². The van der Waals surface area contributed by atoms with Gasteiger partial charge in [0.15, 0.2) is 0 Å². The first-order valence-electron chi connectivity index (χ1n) is 11.2. The predicted molar refractivity (Wildman–Crippen MR) is 124 cm³/mol. The summed E-state index contributed by atoms with van der Waals surface area (Å²) in [6.45, 7) is 3.74. The van der Waals surface area contributed by atoms with E-state index < -0.39 is 17.2 Å². The average molecular weight is 504 g/mol. The number of amides is 1. The molecule has 0 aliphatic rings. The van der Waals surface area contributed by atoms with Gasteiger partial charge in [0.25, 0.3) is 0 Å². The van der Waals surface area contributed by atoms with Crippen molar-refractivity contribution >= 4 is 23.1 Å². The number of carbonyl (C=O) groups is 1. The molecule has 11 nitrogen and oxygen atoms in total. The van der Waals surface area contributed by atoms with Crippen molar-refractivity contribution in [1.29, 1.82) is 0 Å². The van der Waals surface area contributed by atoms with Crippen LogP contribution in [0.4, 0.5) is 0 Å². The van der Waals surface area contributed by atoms with Crippen LogP contribution in [0.15, 0.2) is 0 Å². The number of nitrogens with one attached hydrogen (secondary N) is 2. The van der Waals surface area contributed by atoms with Gasteiger partial charge < -0.3 is 48.4 Å². The highest BCUT2D eigenvalue weighted by Crippen LogP contribution is 2.32. The second-order valence-electron chi connectivity index (χ2n) is 6.89. The van der Waals surface area contributed by atoms with Crippen molar-refractivity contribution in [1.82, 2.24) is 10.6 Å². The van der Waals surface area contributed by atoms with Crippen LogP contribution >= 0.6 is 17.2 Å². The minimum Gasteiger partial charge on any atom is -0.377 e. The highest BCUT2D eigenvalue weighted by atomic mass is 31.2. The van der Waals surface area contributed by atoms with Gasteiger partial charge in [-0.1, -0.05) is 19.3 Å². The Balaban J connectivity index is 3.25. The quantitative estimate of drug-likeness (QED) is 0.0923. The topological polar surface area (TPSA) is 148 Å². The number of carbonyl (C=O) groups excluding carboxylic acids is 1. The molecule has 0 spiro atoms. The van der Waals surface area contributed by atoms with E-state index in [9.17, 15) is 9.69 Å². The van der Waals surface area contributed by atoms with Crippen molar-refractivity contribution in [3.63, 3.8) is 0 Å². The molecule has 0 aromatic rings. The molecule has 13 heteroatoms. The SMILES string of the molecule is CNCCCCCC(=O)NCCCCCCOP(O)OCCOCCOCCOP(O)O. The molecule has 0 rings (SSSR count). The van der Waals surface area contributed by atoms with E-state index in [4.69, 9.17) is 28.3 Å². The summed E-state index contributed by atoms with van der Waals surface area (Å²) < 4.78 is 25.4. The molecule has 32 heavy (non-hydrogen) atoms. The van der Waals surface area contributed by atoms with Crippen LogP contribution in [0.5, 0.6) is 0 Å². The Bertz CT molecular complexity index is 413. The van der Waals surface area contributed by atoms with E-state index in [1.165, 1.54) is 0 Å². The minimum atomic E-state index is -2.33. The van der Waals surface area contributed by atoms with Gasteiger partial charge in [-0.2, -0.15) is 0 Å². The molecule has 0 aliphatic heterocycles. The lowest BCUT2D eigenvalue weighted by molar-refractivity contribution is -0.121. The highest BCUT2D eigenvalue weighted by molar-refractivity contribution is 7.40. The van der Waals surface area contributed by atoms with Crippen LogP contribution < -0.4 is 10.6 Å². The molecule has 1 amide bonds. The van der Waals surface area contributed by atoms with E-state index in [0.717, 1.165) is 51.5 Å². The number of hydrogen-bond donors (Lipinski definition) is 5. The normalized spacial score (nSPS) is 12.4. The number of unbranched alkanes of at least 4 members (excludes halogenated alkanes) is 5. The fraction of sp³-hybridized carbons (Fsp3) is 0.947. The molecule has 0 radical (unpaired) electrons. The zero-order valence-corrected chi connectivity index (χ0v) is 21.0. The first kappa shape index (κ1) is 32.0. The summed E-state index contributed by atoms with van der Waals surface area (Å²) in [6, 6.07) is 0. The Kier molecular flexibility index (Phi) is 25.6. The molecule has 5 N–H and O–H groups in total. The lowest BCUT2D eigenvalue weighted by atomic mass is 10.1. The fourth-order valence-electron chi connectivity index (χ4n) is 2.51. The molecule has 1 atom stereocenters. The molecule has 0 bridgehead atoms. The maximum Gasteiger partial charge on any atom is 0.329 e. The third kappa shape index (κ3) is 26.2. The lowest BCUT2D eigenvalue weighted by Crippen LogP contribution is -2.24. The zero-order valence-electron chi connectivity index (χ0n) is 19.2. The summed E-state index contributed by atoms with van der Waals surface area (Å²) in [6.07, 6.45) is 7.45. The van der Waals surface area contributed by atoms with Crippen molar-refractivity contribution < 1.29 is 42.5 Å². The summed E-state index contributed by atoms with van der Waals surface area (Å²) in [7, 11) is -2.30. The van der Waals surface area contributed by atoms with Crippen LogP contribution in [-0.4, -0.2) is 87.0 Å². The van der Waals surface area contributed by atoms with E-state index in [2.05, 4.69) is 15.2 Å². The largest absolute Gasteiger partial charge is 0.377 e. The standard InChI is InChI=1S/C19H42N2O9P2/c1-20-10-6-4-5-9-19(22)21-11-7-2-3-8-12-29-32(25)30-18-16-27-14-13-26-15-17-28-31(23)24/h20,23-25H,2-18H2,1H3,(H,21,22). The highest BCUT2D eigenvalue weighted by Gasteiger charge is 2.06. The molecule has 0 heterocycles. The zero-order chi connectivity index (χ0) is 23.7. The number of hydrogen-bond acceptors (Lipinski definition) is 10. The van der Waals surface area contributed by atoms with Crippen LogP contribution in [0.1, 0.15) is 51.4 Å². The van der Waals surface area contributed by atoms with Crippen LogP contribution in [0.3, 0.4) is 0 Å². The summed E-state index contributed by atoms with van der Waals surface area (Å²) in [5, 5.41) is 6.05. The Labute approximate surface area is 194 Å². The first-order valence-corrected chi connectivity index (χ1v) is 13.5. The van der Waals surface area contributed by atoms with Crippen molar-refractivity contribution in [2.24, 2.45) is 0 Å². The second-order valence-corrected chi connectivity index (χ2v) is 8.65. The van der Waals surface area contributed by atoms with Crippen molar-refractivity contribution in [2.75, 3.05) is 66.4 Å². The summed E-state index contributed by atoms with van der Waals surface area (Å²) in [4.78, 5) is 38.4. The molecule has 0 aromatic carbocycles. The van der Waals surface area contributed by atoms with Gasteiger partial charge in [-0.3, -0.25) is 4.79 Å². The van der Waals surface area contributed by atoms with Gasteiger partial charge in [0.05, 0.1) is 46.2 Å². The minimum absolute atomic E-state index is 0.113. The van der Waals surface area contributed by atoms with E-state index >= 15 is 0 Å². The van der Waals surface area contributed by atoms with Crippen LogP contribution in [0, 0.1) is 0 Å². The molecule has 0 aliphatic carbocycles. The Hall–Kier alpha value is -0.0300. The van der Waals surface area contributed by atoms with Crippen LogP contribution in [-0.2, 0) is 27.8 Å². The fourth-order valence-corrected chi connectivity index (χ4v) is 3.34. The summed E-state index contributed by atoms with van der Waals surface area (Å²) >= 11 is 0. The third-order valence-electron chi connectivity index (χ3n) is 4.16. The Morgan fingerprint density at radius 3 is 1.94 bits per heavy atom. The monoisotopic (exact) mass is 504 g/mol. The van der Waals surface area contributed by atoms with Gasteiger partial charge >= 0.3 is 17.2 Å². The third-order valence-corrected chi connectivity index (χ3v) is 5.38. The molecule has 1 unspecified atom stereocenters.